The minimum absolute atomic E-state index is 0.0474. The highest BCUT2D eigenvalue weighted by atomic mass is 31.2. The second-order valence-electron chi connectivity index (χ2n) is 18.4. The van der Waals surface area contributed by atoms with E-state index in [2.05, 4.69) is 43.4 Å². The molecule has 0 aliphatic carbocycles. The number of benzene rings is 8. The van der Waals surface area contributed by atoms with E-state index in [1.165, 1.54) is 4.90 Å². The predicted octanol–water partition coefficient (Wildman–Crippen LogP) is 14.5. The molecule has 0 spiro atoms. The van der Waals surface area contributed by atoms with Gasteiger partial charge in [0.25, 0.3) is 0 Å². The molecule has 81 heavy (non-hydrogen) atoms. The Hall–Kier alpha value is -8.03. The number of hydrogen-bond donors (Lipinski definition) is 4. The zero-order chi connectivity index (χ0) is 57.5. The molecule has 0 saturated carbocycles. The summed E-state index contributed by atoms with van der Waals surface area (Å²) < 4.78 is 56.2. The van der Waals surface area contributed by atoms with E-state index in [0.29, 0.717) is 25.5 Å². The number of nitrogens with one attached hydrogen (secondary N) is 1. The van der Waals surface area contributed by atoms with Crippen molar-refractivity contribution >= 4 is 44.0 Å². The Bertz CT molecular complexity index is 3360. The number of hydrogen-bond acceptors (Lipinski definition) is 10. The van der Waals surface area contributed by atoms with Gasteiger partial charge in [0.15, 0.2) is 0 Å². The monoisotopic (exact) mass is 1130 g/mol. The van der Waals surface area contributed by atoms with Crippen LogP contribution in [-0.2, 0) is 31.6 Å². The first-order valence-corrected chi connectivity index (χ1v) is 29.5. The Morgan fingerprint density at radius 3 is 1.23 bits per heavy atom. The van der Waals surface area contributed by atoms with Crippen molar-refractivity contribution in [2.45, 2.75) is 39.9 Å². The van der Waals surface area contributed by atoms with Crippen LogP contribution in [-0.4, -0.2) is 66.1 Å². The largest absolute Gasteiger partial charge is 0.527 e. The van der Waals surface area contributed by atoms with Gasteiger partial charge in [0.1, 0.15) is 42.8 Å². The molecular weight excluding hydrogens is 1060 g/mol. The van der Waals surface area contributed by atoms with Crippen LogP contribution in [0.3, 0.4) is 0 Å². The molecule has 14 nitrogen and oxygen atoms in total. The summed E-state index contributed by atoms with van der Waals surface area (Å²) in [7, 11) is -5.39. The maximum absolute atomic E-state index is 12.7. The third-order valence-corrected chi connectivity index (χ3v) is 14.0. The summed E-state index contributed by atoms with van der Waals surface area (Å²) in [6, 6.07) is 68.7. The van der Waals surface area contributed by atoms with Gasteiger partial charge in [-0.1, -0.05) is 184 Å². The van der Waals surface area contributed by atoms with Crippen LogP contribution in [0.4, 0.5) is 4.79 Å². The Morgan fingerprint density at radius 2 is 0.840 bits per heavy atom. The second-order valence-corrected chi connectivity index (χ2v) is 20.9. The number of phosphoric ester groups is 2. The Labute approximate surface area is 474 Å². The molecule has 0 fully saturated rings. The standard InChI is InChI=1S/C40H40NO7P.C25H28NO5P/c1-3-38(33-17-11-6-12-18-33)39(35-21-25-37(26-22-35)48-49(43,44)47-30-32-15-9-5-10-16-32)34-19-23-36(24-20-34)45-28-27-41(2)40(42)46-29-31-13-7-4-8-14-31;1-3-24(19-7-5-4-6-8-19)25(20-9-13-22(14-10-20)30-18-17-26-2)21-11-15-23(16-12-21)31-32(27,28)29/h4-26H,3,27-30H2,1-2H3,(H,43,44);4-16,26H,3,17-18H2,1-2H3,(H2,27,28,29)/b39-38+;25-24+. The summed E-state index contributed by atoms with van der Waals surface area (Å²) in [6.07, 6.45) is 1.16. The second kappa shape index (κ2) is 30.5. The molecule has 0 aliphatic heterocycles. The van der Waals surface area contributed by atoms with E-state index in [-0.39, 0.29) is 24.7 Å². The molecule has 0 radical (unpaired) electrons. The summed E-state index contributed by atoms with van der Waals surface area (Å²) in [5, 5.41) is 3.06. The number of likely N-dealkylation sites (N-methyl/N-ethyl adjacent to an activating group) is 2. The lowest BCUT2D eigenvalue weighted by atomic mass is 9.88. The summed E-state index contributed by atoms with van der Waals surface area (Å²) in [6.45, 7) is 6.41. The Kier molecular flexibility index (Phi) is 22.8. The van der Waals surface area contributed by atoms with E-state index in [4.69, 9.17) is 37.6 Å². The molecule has 8 aromatic rings. The van der Waals surface area contributed by atoms with Crippen LogP contribution in [0.1, 0.15) is 71.2 Å². The number of phosphoric acid groups is 2. The molecule has 0 aromatic heterocycles. The lowest BCUT2D eigenvalue weighted by molar-refractivity contribution is 0.0994. The first-order chi connectivity index (χ1) is 39.2. The van der Waals surface area contributed by atoms with Gasteiger partial charge in [0.05, 0.1) is 13.2 Å². The van der Waals surface area contributed by atoms with Crippen molar-refractivity contribution in [2.75, 3.05) is 40.4 Å². The van der Waals surface area contributed by atoms with E-state index in [9.17, 15) is 18.8 Å². The van der Waals surface area contributed by atoms with Crippen molar-refractivity contribution in [3.63, 3.8) is 0 Å². The number of ether oxygens (including phenoxy) is 3. The third-order valence-electron chi connectivity index (χ3n) is 12.6. The summed E-state index contributed by atoms with van der Waals surface area (Å²) in [5.74, 6) is 1.81. The first-order valence-electron chi connectivity index (χ1n) is 26.5. The van der Waals surface area contributed by atoms with Crippen LogP contribution in [0.5, 0.6) is 23.0 Å². The quantitative estimate of drug-likeness (QED) is 0.0241. The molecule has 8 aromatic carbocycles. The molecule has 0 aliphatic rings. The number of nitrogens with zero attached hydrogens (tertiary/aromatic N) is 1. The van der Waals surface area contributed by atoms with Gasteiger partial charge in [-0.3, -0.25) is 19.2 Å². The van der Waals surface area contributed by atoms with Crippen molar-refractivity contribution in [3.05, 3.63) is 263 Å². The van der Waals surface area contributed by atoms with Gasteiger partial charge in [-0.15, -0.1) is 0 Å². The van der Waals surface area contributed by atoms with Gasteiger partial charge in [-0.2, -0.15) is 0 Å². The lowest BCUT2D eigenvalue weighted by Crippen LogP contribution is -2.31. The smallest absolute Gasteiger partial charge is 0.492 e. The average Bonchev–Trinajstić information content (AvgIpc) is 3.56. The van der Waals surface area contributed by atoms with Crippen molar-refractivity contribution in [1.82, 2.24) is 10.2 Å². The minimum atomic E-state index is -4.60. The third kappa shape index (κ3) is 19.1. The molecule has 1 unspecified atom stereocenters. The zero-order valence-corrected chi connectivity index (χ0v) is 47.6. The van der Waals surface area contributed by atoms with Crippen molar-refractivity contribution in [2.24, 2.45) is 0 Å². The molecule has 8 rings (SSSR count). The highest BCUT2D eigenvalue weighted by Crippen LogP contribution is 2.46. The van der Waals surface area contributed by atoms with Gasteiger partial charge in [-0.05, 0) is 135 Å². The molecule has 16 heteroatoms. The maximum atomic E-state index is 12.7. The van der Waals surface area contributed by atoms with Crippen LogP contribution in [0.15, 0.2) is 218 Å². The average molecular weight is 1130 g/mol. The van der Waals surface area contributed by atoms with Gasteiger partial charge in [0.2, 0.25) is 0 Å². The SMILES string of the molecule is CC/C(=C(/c1ccc(OCCN(C)C(=O)OCc2ccccc2)cc1)c1ccc(OP(=O)(O)OCc2ccccc2)cc1)c1ccccc1.CC/C(=C(/c1ccc(OCCNC)cc1)c1ccc(OP(=O)(O)O)cc1)c1ccccc1. The Balaban J connectivity index is 0.000000256. The van der Waals surface area contributed by atoms with Crippen LogP contribution in [0.25, 0.3) is 22.3 Å². The number of rotatable bonds is 25. The highest BCUT2D eigenvalue weighted by molar-refractivity contribution is 7.47. The number of allylic oxidation sites excluding steroid dienone is 2. The predicted molar refractivity (Wildman–Crippen MR) is 320 cm³/mol. The van der Waals surface area contributed by atoms with Crippen LogP contribution in [0, 0.1) is 0 Å². The topological polar surface area (TPSA) is 183 Å². The van der Waals surface area contributed by atoms with Gasteiger partial charge >= 0.3 is 21.7 Å². The van der Waals surface area contributed by atoms with Crippen molar-refractivity contribution in [1.29, 1.82) is 0 Å². The van der Waals surface area contributed by atoms with Gasteiger partial charge in [-0.25, -0.2) is 13.9 Å². The molecule has 1 atom stereocenters. The number of carbonyl (C=O) groups is 1. The van der Waals surface area contributed by atoms with E-state index in [1.54, 1.807) is 31.3 Å². The summed E-state index contributed by atoms with van der Waals surface area (Å²) in [4.78, 5) is 42.4. The van der Waals surface area contributed by atoms with Gasteiger partial charge in [0, 0.05) is 13.6 Å². The zero-order valence-electron chi connectivity index (χ0n) is 45.8. The van der Waals surface area contributed by atoms with E-state index in [0.717, 1.165) is 91.9 Å². The normalized spacial score (nSPS) is 12.5. The van der Waals surface area contributed by atoms with Gasteiger partial charge < -0.3 is 33.5 Å². The van der Waals surface area contributed by atoms with Crippen LogP contribution < -0.4 is 23.8 Å². The number of carbonyl (C=O) groups excluding carboxylic acids is 1. The number of amides is 1. The maximum Gasteiger partial charge on any atom is 0.527 e. The molecule has 1 amide bonds. The lowest BCUT2D eigenvalue weighted by Gasteiger charge is -2.19. The Morgan fingerprint density at radius 1 is 0.469 bits per heavy atom. The fraction of sp³-hybridized carbons (Fsp3) is 0.185. The molecule has 4 N–H and O–H groups in total. The fourth-order valence-corrected chi connectivity index (χ4v) is 9.83. The molecule has 420 valence electrons. The first kappa shape index (κ1) is 60.6. The van der Waals surface area contributed by atoms with Crippen LogP contribution >= 0.6 is 15.6 Å². The summed E-state index contributed by atoms with van der Waals surface area (Å²) in [5.41, 5.74) is 12.1. The minimum Gasteiger partial charge on any atom is -0.492 e. The van der Waals surface area contributed by atoms with Crippen LogP contribution in [0.2, 0.25) is 0 Å². The van der Waals surface area contributed by atoms with E-state index in [1.807, 2.05) is 177 Å². The highest BCUT2D eigenvalue weighted by Gasteiger charge is 2.24. The molecular formula is C65H68N2O12P2. The molecule has 0 heterocycles. The van der Waals surface area contributed by atoms with Crippen molar-refractivity contribution < 1.29 is 56.4 Å². The van der Waals surface area contributed by atoms with E-state index >= 15 is 0 Å². The summed E-state index contributed by atoms with van der Waals surface area (Å²) >= 11 is 0. The molecule has 0 saturated heterocycles. The van der Waals surface area contributed by atoms with E-state index < -0.39 is 21.7 Å². The molecule has 0 bridgehead atoms. The fourth-order valence-electron chi connectivity index (χ4n) is 8.68. The van der Waals surface area contributed by atoms with Crippen molar-refractivity contribution in [3.8, 4) is 23.0 Å².